The van der Waals surface area contributed by atoms with E-state index in [2.05, 4.69) is 24.8 Å². The van der Waals surface area contributed by atoms with E-state index in [4.69, 9.17) is 0 Å². The quantitative estimate of drug-likeness (QED) is 0.693. The van der Waals surface area contributed by atoms with Gasteiger partial charge >= 0.3 is 0 Å². The lowest BCUT2D eigenvalue weighted by Gasteiger charge is -2.33. The zero-order valence-electron chi connectivity index (χ0n) is 15.7. The molecule has 1 aliphatic rings. The fourth-order valence-corrected chi connectivity index (χ4v) is 4.81. The number of hydrogen-bond donors (Lipinski definition) is 0. The first-order chi connectivity index (χ1) is 13.0. The average molecular weight is 382 g/mol. The molecule has 0 radical (unpaired) electrons. The number of hydrogen-bond acceptors (Lipinski definition) is 7. The van der Waals surface area contributed by atoms with Crippen molar-refractivity contribution in [2.75, 3.05) is 32.1 Å². The van der Waals surface area contributed by atoms with Gasteiger partial charge in [0.05, 0.1) is 4.88 Å². The first-order valence-corrected chi connectivity index (χ1v) is 9.86. The van der Waals surface area contributed by atoms with Gasteiger partial charge in [-0.15, -0.1) is 11.3 Å². The van der Waals surface area contributed by atoms with Crippen molar-refractivity contribution in [3.05, 3.63) is 40.9 Å². The van der Waals surface area contributed by atoms with Crippen LogP contribution in [0.2, 0.25) is 0 Å². The molecule has 0 aromatic carbocycles. The summed E-state index contributed by atoms with van der Waals surface area (Å²) < 4.78 is 0. The minimum Gasteiger partial charge on any atom is -0.356 e. The Morgan fingerprint density at radius 3 is 2.59 bits per heavy atom. The van der Waals surface area contributed by atoms with Crippen LogP contribution in [0.1, 0.15) is 39.8 Å². The van der Waals surface area contributed by atoms with E-state index in [1.165, 1.54) is 11.3 Å². The van der Waals surface area contributed by atoms with Gasteiger partial charge in [-0.3, -0.25) is 9.78 Å². The molecule has 8 heteroatoms. The molecular weight excluding hydrogens is 360 g/mol. The summed E-state index contributed by atoms with van der Waals surface area (Å²) in [4.78, 5) is 36.0. The molecule has 7 nitrogen and oxygen atoms in total. The molecule has 1 saturated heterocycles. The van der Waals surface area contributed by atoms with Crippen LogP contribution in [0.3, 0.4) is 0 Å². The van der Waals surface area contributed by atoms with E-state index in [0.717, 1.165) is 58.4 Å². The maximum absolute atomic E-state index is 12.8. The van der Waals surface area contributed by atoms with Crippen LogP contribution in [0.5, 0.6) is 0 Å². The van der Waals surface area contributed by atoms with E-state index in [0.29, 0.717) is 5.92 Å². The van der Waals surface area contributed by atoms with Gasteiger partial charge in [0, 0.05) is 51.3 Å². The number of aryl methyl sites for hydroxylation is 1. The number of carbonyl (C=O) groups is 1. The molecule has 0 saturated carbocycles. The number of rotatable bonds is 3. The van der Waals surface area contributed by atoms with Crippen molar-refractivity contribution in [2.45, 2.75) is 25.7 Å². The molecular formula is C19H22N6OS. The molecule has 0 unspecified atom stereocenters. The van der Waals surface area contributed by atoms with Gasteiger partial charge in [0.15, 0.2) is 0 Å². The summed E-state index contributed by atoms with van der Waals surface area (Å²) in [5.74, 6) is 2.09. The molecule has 1 fully saturated rings. The van der Waals surface area contributed by atoms with Gasteiger partial charge in [-0.25, -0.2) is 15.0 Å². The van der Waals surface area contributed by atoms with Crippen LogP contribution in [0.25, 0.3) is 10.3 Å². The Hall–Kier alpha value is -2.61. The Bertz CT molecular complexity index is 977. The average Bonchev–Trinajstić information content (AvgIpc) is 3.07. The number of anilines is 1. The number of carbonyl (C=O) groups excluding carboxylic acids is 1. The number of thiophene rings is 1. The summed E-state index contributed by atoms with van der Waals surface area (Å²) in [6.07, 6.45) is 7.12. The molecule has 1 amide bonds. The molecule has 0 bridgehead atoms. The van der Waals surface area contributed by atoms with Crippen molar-refractivity contribution in [1.29, 1.82) is 0 Å². The molecule has 4 rings (SSSR count). The minimum atomic E-state index is 0.0312. The Balaban J connectivity index is 1.63. The fraction of sp³-hybridized carbons (Fsp3) is 0.421. The summed E-state index contributed by atoms with van der Waals surface area (Å²) in [6, 6.07) is 1.96. The van der Waals surface area contributed by atoms with Gasteiger partial charge in [-0.05, 0) is 31.7 Å². The van der Waals surface area contributed by atoms with E-state index >= 15 is 0 Å². The summed E-state index contributed by atoms with van der Waals surface area (Å²) in [5, 5.41) is 0. The lowest BCUT2D eigenvalue weighted by Crippen LogP contribution is -2.34. The predicted molar refractivity (Wildman–Crippen MR) is 106 cm³/mol. The predicted octanol–water partition coefficient (Wildman–Crippen LogP) is 2.88. The minimum absolute atomic E-state index is 0.0312. The van der Waals surface area contributed by atoms with Crippen molar-refractivity contribution >= 4 is 33.4 Å². The maximum Gasteiger partial charge on any atom is 0.263 e. The molecule has 4 heterocycles. The van der Waals surface area contributed by atoms with Gasteiger partial charge in [-0.1, -0.05) is 0 Å². The van der Waals surface area contributed by atoms with Crippen molar-refractivity contribution in [3.8, 4) is 0 Å². The van der Waals surface area contributed by atoms with Gasteiger partial charge in [0.1, 0.15) is 22.0 Å². The largest absolute Gasteiger partial charge is 0.356 e. The Morgan fingerprint density at radius 1 is 1.15 bits per heavy atom. The third kappa shape index (κ3) is 3.37. The second kappa shape index (κ2) is 7.19. The molecule has 0 atom stereocenters. The molecule has 3 aromatic heterocycles. The summed E-state index contributed by atoms with van der Waals surface area (Å²) in [5.41, 5.74) is 1.95. The smallest absolute Gasteiger partial charge is 0.263 e. The summed E-state index contributed by atoms with van der Waals surface area (Å²) in [6.45, 7) is 3.70. The zero-order chi connectivity index (χ0) is 19.0. The number of piperidine rings is 1. The molecule has 27 heavy (non-hydrogen) atoms. The molecule has 3 aromatic rings. The Labute approximate surface area is 162 Å². The third-order valence-corrected chi connectivity index (χ3v) is 6.04. The van der Waals surface area contributed by atoms with E-state index in [1.807, 2.05) is 13.0 Å². The first-order valence-electron chi connectivity index (χ1n) is 9.04. The van der Waals surface area contributed by atoms with Gasteiger partial charge < -0.3 is 9.80 Å². The van der Waals surface area contributed by atoms with Crippen molar-refractivity contribution in [1.82, 2.24) is 24.8 Å². The Morgan fingerprint density at radius 2 is 1.89 bits per heavy atom. The highest BCUT2D eigenvalue weighted by atomic mass is 32.1. The van der Waals surface area contributed by atoms with Gasteiger partial charge in [-0.2, -0.15) is 0 Å². The maximum atomic E-state index is 12.8. The summed E-state index contributed by atoms with van der Waals surface area (Å²) in [7, 11) is 3.58. The lowest BCUT2D eigenvalue weighted by atomic mass is 9.88. The highest BCUT2D eigenvalue weighted by molar-refractivity contribution is 7.20. The molecule has 1 aliphatic heterocycles. The van der Waals surface area contributed by atoms with Crippen LogP contribution in [0.15, 0.2) is 24.7 Å². The van der Waals surface area contributed by atoms with E-state index in [-0.39, 0.29) is 5.91 Å². The monoisotopic (exact) mass is 382 g/mol. The van der Waals surface area contributed by atoms with Crippen LogP contribution in [0, 0.1) is 6.92 Å². The lowest BCUT2D eigenvalue weighted by molar-refractivity contribution is 0.0830. The van der Waals surface area contributed by atoms with Crippen molar-refractivity contribution in [3.63, 3.8) is 0 Å². The van der Waals surface area contributed by atoms with Gasteiger partial charge in [0.2, 0.25) is 0 Å². The van der Waals surface area contributed by atoms with E-state index in [1.54, 1.807) is 37.6 Å². The molecule has 0 N–H and O–H groups in total. The number of fused-ring (bicyclic) bond motifs is 1. The summed E-state index contributed by atoms with van der Waals surface area (Å²) >= 11 is 1.45. The van der Waals surface area contributed by atoms with Crippen LogP contribution in [0.4, 0.5) is 5.82 Å². The SMILES string of the molecule is Cc1nccc(N2CCC(c3c(C(=O)N(C)C)sc4nccnc34)CC2)n1. The number of aromatic nitrogens is 4. The van der Waals surface area contributed by atoms with Crippen molar-refractivity contribution < 1.29 is 4.79 Å². The van der Waals surface area contributed by atoms with Crippen LogP contribution in [-0.2, 0) is 0 Å². The zero-order valence-corrected chi connectivity index (χ0v) is 16.5. The normalized spacial score (nSPS) is 15.3. The van der Waals surface area contributed by atoms with E-state index < -0.39 is 0 Å². The highest BCUT2D eigenvalue weighted by Crippen LogP contribution is 2.39. The topological polar surface area (TPSA) is 75.1 Å². The first kappa shape index (κ1) is 17.8. The molecule has 0 spiro atoms. The molecule has 0 aliphatic carbocycles. The number of nitrogens with zero attached hydrogens (tertiary/aromatic N) is 6. The standard InChI is InChI=1S/C19H22N6OS/c1-12-20-7-4-14(23-12)25-10-5-13(6-11-25)15-16-18(22-9-8-21-16)27-17(15)19(26)24(2)3/h4,7-9,13H,5-6,10-11H2,1-3H3. The fourth-order valence-electron chi connectivity index (χ4n) is 3.60. The second-order valence-electron chi connectivity index (χ2n) is 6.98. The second-order valence-corrected chi connectivity index (χ2v) is 7.98. The van der Waals surface area contributed by atoms with Gasteiger partial charge in [0.25, 0.3) is 5.91 Å². The van der Waals surface area contributed by atoms with Crippen LogP contribution >= 0.6 is 11.3 Å². The Kier molecular flexibility index (Phi) is 4.73. The van der Waals surface area contributed by atoms with Crippen molar-refractivity contribution in [2.24, 2.45) is 0 Å². The highest BCUT2D eigenvalue weighted by Gasteiger charge is 2.30. The van der Waals surface area contributed by atoms with Crippen LogP contribution < -0.4 is 4.90 Å². The van der Waals surface area contributed by atoms with E-state index in [9.17, 15) is 4.79 Å². The molecule has 140 valence electrons. The number of amides is 1. The van der Waals surface area contributed by atoms with Crippen LogP contribution in [-0.4, -0.2) is 57.9 Å². The third-order valence-electron chi connectivity index (χ3n) is 4.95.